The molecule has 9 heteroatoms. The van der Waals surface area contributed by atoms with Crippen molar-refractivity contribution < 1.29 is 19.1 Å². The number of benzene rings is 1. The van der Waals surface area contributed by atoms with Gasteiger partial charge in [-0.3, -0.25) is 19.2 Å². The van der Waals surface area contributed by atoms with E-state index in [0.717, 1.165) is 25.7 Å². The fraction of sp³-hybridized carbons (Fsp3) is 0.462. The Labute approximate surface area is 204 Å². The Morgan fingerprint density at radius 1 is 1.06 bits per heavy atom. The molecule has 1 aromatic heterocycles. The highest BCUT2D eigenvalue weighted by molar-refractivity contribution is 6.04. The van der Waals surface area contributed by atoms with Gasteiger partial charge in [0.1, 0.15) is 11.4 Å². The van der Waals surface area contributed by atoms with Gasteiger partial charge in [0.2, 0.25) is 11.8 Å². The highest BCUT2D eigenvalue weighted by Crippen LogP contribution is 2.27. The van der Waals surface area contributed by atoms with Gasteiger partial charge in [0.25, 0.3) is 11.5 Å². The van der Waals surface area contributed by atoms with Gasteiger partial charge in [-0.25, -0.2) is 0 Å². The number of aromatic nitrogens is 1. The summed E-state index contributed by atoms with van der Waals surface area (Å²) in [6.07, 6.45) is 5.69. The quantitative estimate of drug-likeness (QED) is 0.685. The molecule has 2 aliphatic rings. The highest BCUT2D eigenvalue weighted by atomic mass is 16.5. The third-order valence-corrected chi connectivity index (χ3v) is 6.54. The normalized spacial score (nSPS) is 18.3. The number of carbonyl (C=O) groups excluding carboxylic acids is 3. The second-order valence-corrected chi connectivity index (χ2v) is 9.09. The fourth-order valence-corrected chi connectivity index (χ4v) is 4.63. The number of likely N-dealkylation sites (tertiary alicyclic amines) is 1. The summed E-state index contributed by atoms with van der Waals surface area (Å²) in [6, 6.07) is 8.61. The number of ether oxygens (including phenoxy) is 1. The largest absolute Gasteiger partial charge is 0.494 e. The maximum Gasteiger partial charge on any atom is 0.274 e. The Kier molecular flexibility index (Phi) is 7.53. The van der Waals surface area contributed by atoms with Gasteiger partial charge in [0.15, 0.2) is 0 Å². The molecule has 0 saturated carbocycles. The molecule has 0 bridgehead atoms. The smallest absolute Gasteiger partial charge is 0.274 e. The predicted molar refractivity (Wildman–Crippen MR) is 133 cm³/mol. The van der Waals surface area contributed by atoms with Crippen LogP contribution >= 0.6 is 0 Å². The van der Waals surface area contributed by atoms with Crippen LogP contribution in [0, 0.1) is 5.92 Å². The van der Waals surface area contributed by atoms with Crippen LogP contribution in [0.1, 0.15) is 49.4 Å². The molecule has 186 valence electrons. The first kappa shape index (κ1) is 24.5. The Morgan fingerprint density at radius 2 is 1.74 bits per heavy atom. The molecule has 0 aliphatic carbocycles. The average Bonchev–Trinajstić information content (AvgIpc) is 3.05. The second-order valence-electron chi connectivity index (χ2n) is 9.09. The summed E-state index contributed by atoms with van der Waals surface area (Å²) in [4.78, 5) is 54.8. The SMILES string of the molecule is CCOc1ccc(N2CC(C(=O)Nc3cc(C(=O)N4CCCCCC4)cn(C)c3=O)CC2=O)cc1. The number of pyridine rings is 1. The van der Waals surface area contributed by atoms with Crippen molar-refractivity contribution in [2.45, 2.75) is 39.0 Å². The van der Waals surface area contributed by atoms with E-state index >= 15 is 0 Å². The molecule has 4 rings (SSSR count). The summed E-state index contributed by atoms with van der Waals surface area (Å²) < 4.78 is 6.75. The summed E-state index contributed by atoms with van der Waals surface area (Å²) in [5.41, 5.74) is 0.695. The maximum atomic E-state index is 13.1. The van der Waals surface area contributed by atoms with Crippen LogP contribution in [-0.2, 0) is 16.6 Å². The van der Waals surface area contributed by atoms with E-state index in [2.05, 4.69) is 5.32 Å². The monoisotopic (exact) mass is 480 g/mol. The maximum absolute atomic E-state index is 13.1. The molecule has 0 radical (unpaired) electrons. The van der Waals surface area contributed by atoms with E-state index in [1.54, 1.807) is 36.2 Å². The molecule has 0 spiro atoms. The molecule has 2 aliphatic heterocycles. The molecule has 9 nitrogen and oxygen atoms in total. The number of hydrogen-bond donors (Lipinski definition) is 1. The number of nitrogens with one attached hydrogen (secondary N) is 1. The molecule has 1 atom stereocenters. The molecular formula is C26H32N4O5. The Bertz CT molecular complexity index is 1150. The number of anilines is 2. The van der Waals surface area contributed by atoms with Crippen LogP contribution < -0.4 is 20.5 Å². The number of amides is 3. The van der Waals surface area contributed by atoms with Crippen molar-refractivity contribution in [1.29, 1.82) is 0 Å². The summed E-state index contributed by atoms with van der Waals surface area (Å²) in [6.45, 7) is 4.04. The summed E-state index contributed by atoms with van der Waals surface area (Å²) >= 11 is 0. The number of aryl methyl sites for hydroxylation is 1. The van der Waals surface area contributed by atoms with E-state index in [-0.39, 0.29) is 30.5 Å². The topological polar surface area (TPSA) is 101 Å². The van der Waals surface area contributed by atoms with Crippen molar-refractivity contribution in [3.8, 4) is 5.75 Å². The molecule has 2 fully saturated rings. The van der Waals surface area contributed by atoms with Gasteiger partial charge in [-0.2, -0.15) is 0 Å². The van der Waals surface area contributed by atoms with Crippen LogP contribution in [0.5, 0.6) is 5.75 Å². The zero-order valence-corrected chi connectivity index (χ0v) is 20.3. The van der Waals surface area contributed by atoms with Crippen molar-refractivity contribution in [3.63, 3.8) is 0 Å². The summed E-state index contributed by atoms with van der Waals surface area (Å²) in [7, 11) is 1.56. The van der Waals surface area contributed by atoms with Crippen molar-refractivity contribution in [3.05, 3.63) is 52.4 Å². The zero-order valence-electron chi connectivity index (χ0n) is 20.3. The van der Waals surface area contributed by atoms with Crippen LogP contribution in [0.3, 0.4) is 0 Å². The first-order valence-corrected chi connectivity index (χ1v) is 12.2. The molecule has 35 heavy (non-hydrogen) atoms. The van der Waals surface area contributed by atoms with Gasteiger partial charge in [-0.15, -0.1) is 0 Å². The van der Waals surface area contributed by atoms with Gasteiger partial charge in [-0.05, 0) is 50.1 Å². The molecule has 2 saturated heterocycles. The molecule has 1 aromatic carbocycles. The molecule has 2 aromatic rings. The number of nitrogens with zero attached hydrogens (tertiary/aromatic N) is 3. The van der Waals surface area contributed by atoms with Gasteiger partial charge < -0.3 is 24.4 Å². The minimum Gasteiger partial charge on any atom is -0.494 e. The van der Waals surface area contributed by atoms with Crippen LogP contribution in [0.15, 0.2) is 41.3 Å². The van der Waals surface area contributed by atoms with Gasteiger partial charge >= 0.3 is 0 Å². The van der Waals surface area contributed by atoms with E-state index in [1.165, 1.54) is 16.8 Å². The minimum absolute atomic E-state index is 0.0464. The van der Waals surface area contributed by atoms with Crippen LogP contribution in [0.2, 0.25) is 0 Å². The number of carbonyl (C=O) groups is 3. The standard InChI is InChI=1S/C26H32N4O5/c1-3-35-21-10-8-20(9-11-21)30-17-18(15-23(30)31)24(32)27-22-14-19(16-28(2)26(22)34)25(33)29-12-6-4-5-7-13-29/h8-11,14,16,18H,3-7,12-13,15,17H2,1-2H3,(H,27,32). The van der Waals surface area contributed by atoms with E-state index in [0.29, 0.717) is 36.7 Å². The molecule has 1 unspecified atom stereocenters. The predicted octanol–water partition coefficient (Wildman–Crippen LogP) is 2.79. The minimum atomic E-state index is -0.608. The summed E-state index contributed by atoms with van der Waals surface area (Å²) in [5.74, 6) is -0.613. The Morgan fingerprint density at radius 3 is 2.40 bits per heavy atom. The first-order valence-electron chi connectivity index (χ1n) is 12.2. The van der Waals surface area contributed by atoms with E-state index in [9.17, 15) is 19.2 Å². The lowest BCUT2D eigenvalue weighted by molar-refractivity contribution is -0.122. The van der Waals surface area contributed by atoms with Gasteiger partial charge in [-0.1, -0.05) is 12.8 Å². The molecule has 1 N–H and O–H groups in total. The third kappa shape index (κ3) is 5.55. The number of hydrogen-bond acceptors (Lipinski definition) is 5. The van der Waals surface area contributed by atoms with Crippen molar-refractivity contribution in [2.24, 2.45) is 13.0 Å². The van der Waals surface area contributed by atoms with E-state index in [1.807, 2.05) is 11.8 Å². The van der Waals surface area contributed by atoms with Crippen LogP contribution in [0.25, 0.3) is 0 Å². The fourth-order valence-electron chi connectivity index (χ4n) is 4.63. The first-order chi connectivity index (χ1) is 16.9. The average molecular weight is 481 g/mol. The van der Waals surface area contributed by atoms with Crippen molar-refractivity contribution in [1.82, 2.24) is 9.47 Å². The van der Waals surface area contributed by atoms with Gasteiger partial charge in [0.05, 0.1) is 18.1 Å². The van der Waals surface area contributed by atoms with Crippen LogP contribution in [0.4, 0.5) is 11.4 Å². The van der Waals surface area contributed by atoms with Gasteiger partial charge in [0, 0.05) is 45.0 Å². The summed E-state index contributed by atoms with van der Waals surface area (Å²) in [5, 5.41) is 2.68. The van der Waals surface area contributed by atoms with Crippen molar-refractivity contribution >= 4 is 29.1 Å². The van der Waals surface area contributed by atoms with E-state index < -0.39 is 17.4 Å². The Balaban J connectivity index is 1.47. The van der Waals surface area contributed by atoms with Crippen molar-refractivity contribution in [2.75, 3.05) is 36.5 Å². The second kappa shape index (κ2) is 10.8. The lowest BCUT2D eigenvalue weighted by atomic mass is 10.1. The molecule has 3 heterocycles. The molecular weight excluding hydrogens is 448 g/mol. The third-order valence-electron chi connectivity index (χ3n) is 6.54. The Hall–Kier alpha value is -3.62. The number of rotatable bonds is 6. The van der Waals surface area contributed by atoms with Crippen LogP contribution in [-0.4, -0.2) is 53.4 Å². The zero-order chi connectivity index (χ0) is 24.9. The lowest BCUT2D eigenvalue weighted by Crippen LogP contribution is -2.34. The molecule has 3 amide bonds. The van der Waals surface area contributed by atoms with E-state index in [4.69, 9.17) is 4.74 Å². The lowest BCUT2D eigenvalue weighted by Gasteiger charge is -2.21. The highest BCUT2D eigenvalue weighted by Gasteiger charge is 2.35.